The Morgan fingerprint density at radius 1 is 1.29 bits per heavy atom. The molecule has 1 saturated heterocycles. The summed E-state index contributed by atoms with van der Waals surface area (Å²) in [6.07, 6.45) is 3.34. The number of hydrogen-bond acceptors (Lipinski definition) is 6. The highest BCUT2D eigenvalue weighted by molar-refractivity contribution is 5.90. The molecule has 150 valence electrons. The van der Waals surface area contributed by atoms with Crippen molar-refractivity contribution in [3.05, 3.63) is 35.7 Å². The van der Waals surface area contributed by atoms with Gasteiger partial charge in [0.15, 0.2) is 0 Å². The Morgan fingerprint density at radius 3 is 2.75 bits per heavy atom. The number of aromatic nitrogens is 2. The van der Waals surface area contributed by atoms with Crippen molar-refractivity contribution >= 4 is 17.5 Å². The van der Waals surface area contributed by atoms with Crippen LogP contribution in [0.4, 0.5) is 5.69 Å². The van der Waals surface area contributed by atoms with Gasteiger partial charge in [0, 0.05) is 31.3 Å². The number of carbonyl (C=O) groups excluding carboxylic acids is 2. The maximum absolute atomic E-state index is 12.4. The second-order valence-corrected chi connectivity index (χ2v) is 7.12. The summed E-state index contributed by atoms with van der Waals surface area (Å²) in [7, 11) is 1.60. The van der Waals surface area contributed by atoms with Gasteiger partial charge in [0.05, 0.1) is 13.5 Å². The lowest BCUT2D eigenvalue weighted by molar-refractivity contribution is -0.132. The molecule has 1 fully saturated rings. The van der Waals surface area contributed by atoms with E-state index in [-0.39, 0.29) is 18.2 Å². The van der Waals surface area contributed by atoms with Crippen LogP contribution in [0.25, 0.3) is 0 Å². The largest absolute Gasteiger partial charge is 0.497 e. The average Bonchev–Trinajstić information content (AvgIpc) is 3.11. The SMILES string of the molecule is COc1cccc(NC(=O)CCC2CCN(C(=O)Cc3nonc3C)CC2)c1. The molecule has 2 amide bonds. The molecule has 0 aliphatic carbocycles. The van der Waals surface area contributed by atoms with E-state index in [4.69, 9.17) is 4.74 Å². The number of ether oxygens (including phenoxy) is 1. The van der Waals surface area contributed by atoms with E-state index in [0.717, 1.165) is 24.9 Å². The fourth-order valence-corrected chi connectivity index (χ4v) is 3.40. The molecule has 8 nitrogen and oxygen atoms in total. The van der Waals surface area contributed by atoms with Crippen molar-refractivity contribution < 1.29 is 19.0 Å². The van der Waals surface area contributed by atoms with Gasteiger partial charge in [0.2, 0.25) is 11.8 Å². The molecule has 2 aromatic rings. The quantitative estimate of drug-likeness (QED) is 0.785. The first-order valence-corrected chi connectivity index (χ1v) is 9.55. The van der Waals surface area contributed by atoms with E-state index < -0.39 is 0 Å². The van der Waals surface area contributed by atoms with E-state index in [1.807, 2.05) is 23.1 Å². The number of nitrogens with zero attached hydrogens (tertiary/aromatic N) is 3. The van der Waals surface area contributed by atoms with Crippen LogP contribution in [-0.4, -0.2) is 47.2 Å². The van der Waals surface area contributed by atoms with Crippen molar-refractivity contribution in [1.29, 1.82) is 0 Å². The van der Waals surface area contributed by atoms with Crippen molar-refractivity contribution in [3.8, 4) is 5.75 Å². The van der Waals surface area contributed by atoms with Gasteiger partial charge < -0.3 is 15.0 Å². The molecule has 1 aliphatic rings. The van der Waals surface area contributed by atoms with Gasteiger partial charge in [0.1, 0.15) is 17.1 Å². The topological polar surface area (TPSA) is 97.6 Å². The first-order valence-electron chi connectivity index (χ1n) is 9.55. The molecule has 0 radical (unpaired) electrons. The van der Waals surface area contributed by atoms with Gasteiger partial charge >= 0.3 is 0 Å². The molecule has 0 unspecified atom stereocenters. The van der Waals surface area contributed by atoms with Crippen LogP contribution in [-0.2, 0) is 16.0 Å². The van der Waals surface area contributed by atoms with E-state index in [0.29, 0.717) is 42.6 Å². The number of piperidine rings is 1. The van der Waals surface area contributed by atoms with Gasteiger partial charge in [-0.3, -0.25) is 9.59 Å². The highest BCUT2D eigenvalue weighted by atomic mass is 16.6. The number of amides is 2. The predicted molar refractivity (Wildman–Crippen MR) is 103 cm³/mol. The minimum Gasteiger partial charge on any atom is -0.497 e. The Hall–Kier alpha value is -2.90. The summed E-state index contributed by atoms with van der Waals surface area (Å²) in [5, 5.41) is 10.4. The smallest absolute Gasteiger partial charge is 0.228 e. The Labute approximate surface area is 164 Å². The second kappa shape index (κ2) is 9.34. The minimum absolute atomic E-state index is 0.000710. The number of methoxy groups -OCH3 is 1. The number of hydrogen-bond donors (Lipinski definition) is 1. The highest BCUT2D eigenvalue weighted by Gasteiger charge is 2.24. The minimum atomic E-state index is 0.000710. The van der Waals surface area contributed by atoms with Crippen LogP contribution in [0.1, 0.15) is 37.1 Å². The fourth-order valence-electron chi connectivity index (χ4n) is 3.40. The van der Waals surface area contributed by atoms with E-state index in [2.05, 4.69) is 20.3 Å². The highest BCUT2D eigenvalue weighted by Crippen LogP contribution is 2.23. The zero-order chi connectivity index (χ0) is 19.9. The molecule has 0 saturated carbocycles. The first kappa shape index (κ1) is 19.9. The molecule has 1 aromatic heterocycles. The predicted octanol–water partition coefficient (Wildman–Crippen LogP) is 2.59. The summed E-state index contributed by atoms with van der Waals surface area (Å²) < 4.78 is 9.81. The van der Waals surface area contributed by atoms with Gasteiger partial charge in [-0.15, -0.1) is 0 Å². The summed E-state index contributed by atoms with van der Waals surface area (Å²) in [5.41, 5.74) is 1.99. The Bertz CT molecular complexity index is 812. The lowest BCUT2D eigenvalue weighted by Gasteiger charge is -2.32. The number of carbonyl (C=O) groups is 2. The van der Waals surface area contributed by atoms with Crippen LogP contribution in [0.2, 0.25) is 0 Å². The van der Waals surface area contributed by atoms with Crippen molar-refractivity contribution in [3.63, 3.8) is 0 Å². The van der Waals surface area contributed by atoms with E-state index >= 15 is 0 Å². The summed E-state index contributed by atoms with van der Waals surface area (Å²) in [6.45, 7) is 3.21. The Morgan fingerprint density at radius 2 is 2.07 bits per heavy atom. The maximum atomic E-state index is 12.4. The van der Waals surface area contributed by atoms with Crippen LogP contribution in [0.3, 0.4) is 0 Å². The molecule has 0 atom stereocenters. The van der Waals surface area contributed by atoms with Gasteiger partial charge in [-0.2, -0.15) is 0 Å². The number of aryl methyl sites for hydroxylation is 1. The first-order chi connectivity index (χ1) is 13.5. The number of anilines is 1. The van der Waals surface area contributed by atoms with E-state index in [1.54, 1.807) is 20.1 Å². The number of benzene rings is 1. The van der Waals surface area contributed by atoms with Gasteiger partial charge in [-0.05, 0) is 44.2 Å². The maximum Gasteiger partial charge on any atom is 0.228 e. The lowest BCUT2D eigenvalue weighted by atomic mass is 9.92. The monoisotopic (exact) mass is 386 g/mol. The third kappa shape index (κ3) is 5.31. The van der Waals surface area contributed by atoms with Gasteiger partial charge in [-0.25, -0.2) is 4.63 Å². The van der Waals surface area contributed by atoms with Gasteiger partial charge in [0.25, 0.3) is 0 Å². The molecule has 2 heterocycles. The molecule has 1 N–H and O–H groups in total. The van der Waals surface area contributed by atoms with Crippen LogP contribution in [0, 0.1) is 12.8 Å². The van der Waals surface area contributed by atoms with Crippen molar-refractivity contribution in [2.45, 2.75) is 39.0 Å². The summed E-state index contributed by atoms with van der Waals surface area (Å²) >= 11 is 0. The standard InChI is InChI=1S/C20H26N4O4/c1-14-18(23-28-22-14)13-20(26)24-10-8-15(9-11-24)6-7-19(25)21-16-4-3-5-17(12-16)27-2/h3-5,12,15H,6-11,13H2,1-2H3,(H,21,25). The summed E-state index contributed by atoms with van der Waals surface area (Å²) in [4.78, 5) is 26.4. The Kier molecular flexibility index (Phi) is 6.62. The third-order valence-corrected chi connectivity index (χ3v) is 5.17. The zero-order valence-corrected chi connectivity index (χ0v) is 16.3. The molecule has 1 aromatic carbocycles. The fraction of sp³-hybridized carbons (Fsp3) is 0.500. The van der Waals surface area contributed by atoms with E-state index in [1.165, 1.54) is 0 Å². The van der Waals surface area contributed by atoms with Crippen molar-refractivity contribution in [1.82, 2.24) is 15.2 Å². The molecular formula is C20H26N4O4. The number of likely N-dealkylation sites (tertiary alicyclic amines) is 1. The van der Waals surface area contributed by atoms with Crippen LogP contribution < -0.4 is 10.1 Å². The molecule has 3 rings (SSSR count). The lowest BCUT2D eigenvalue weighted by Crippen LogP contribution is -2.39. The summed E-state index contributed by atoms with van der Waals surface area (Å²) in [5.74, 6) is 1.22. The normalized spacial score (nSPS) is 14.7. The number of nitrogens with one attached hydrogen (secondary N) is 1. The molecule has 1 aliphatic heterocycles. The molecular weight excluding hydrogens is 360 g/mol. The number of rotatable bonds is 7. The van der Waals surface area contributed by atoms with Crippen molar-refractivity contribution in [2.24, 2.45) is 5.92 Å². The zero-order valence-electron chi connectivity index (χ0n) is 16.3. The summed E-state index contributed by atoms with van der Waals surface area (Å²) in [6, 6.07) is 7.33. The molecule has 0 spiro atoms. The van der Waals surface area contributed by atoms with Crippen LogP contribution in [0.5, 0.6) is 5.75 Å². The van der Waals surface area contributed by atoms with Crippen LogP contribution in [0.15, 0.2) is 28.9 Å². The second-order valence-electron chi connectivity index (χ2n) is 7.12. The molecule has 0 bridgehead atoms. The molecule has 28 heavy (non-hydrogen) atoms. The van der Waals surface area contributed by atoms with Crippen LogP contribution >= 0.6 is 0 Å². The van der Waals surface area contributed by atoms with Crippen molar-refractivity contribution in [2.75, 3.05) is 25.5 Å². The van der Waals surface area contributed by atoms with E-state index in [9.17, 15) is 9.59 Å². The molecule has 8 heteroatoms. The average molecular weight is 386 g/mol. The van der Waals surface area contributed by atoms with Gasteiger partial charge in [-0.1, -0.05) is 16.4 Å². The third-order valence-electron chi connectivity index (χ3n) is 5.17. The Balaban J connectivity index is 1.38.